The highest BCUT2D eigenvalue weighted by molar-refractivity contribution is 7.99. The van der Waals surface area contributed by atoms with E-state index < -0.39 is 4.92 Å². The van der Waals surface area contributed by atoms with E-state index in [2.05, 4.69) is 37.1 Å². The van der Waals surface area contributed by atoms with Gasteiger partial charge in [0.15, 0.2) is 5.16 Å². The average molecular weight is 481 g/mol. The van der Waals surface area contributed by atoms with Gasteiger partial charge < -0.3 is 9.88 Å². The van der Waals surface area contributed by atoms with Crippen LogP contribution < -0.4 is 5.32 Å². The Morgan fingerprint density at radius 3 is 2.59 bits per heavy atom. The number of hydrogen-bond acceptors (Lipinski definition) is 7. The summed E-state index contributed by atoms with van der Waals surface area (Å²) in [7, 11) is 0. The largest absolute Gasteiger partial charge is 0.320 e. The number of hydrogen-bond donors (Lipinski definition) is 1. The molecule has 1 amide bonds. The first-order valence-electron chi connectivity index (χ1n) is 11.4. The maximum absolute atomic E-state index is 12.6. The van der Waals surface area contributed by atoms with Gasteiger partial charge in [0.25, 0.3) is 5.69 Å². The van der Waals surface area contributed by atoms with E-state index in [4.69, 9.17) is 0 Å². The first-order valence-corrected chi connectivity index (χ1v) is 12.3. The van der Waals surface area contributed by atoms with Crippen molar-refractivity contribution in [2.75, 3.05) is 24.2 Å². The number of nitro benzene ring substituents is 1. The summed E-state index contributed by atoms with van der Waals surface area (Å²) in [5, 5.41) is 23.5. The first kappa shape index (κ1) is 23.9. The minimum atomic E-state index is -0.487. The van der Waals surface area contributed by atoms with Crippen molar-refractivity contribution in [3.8, 4) is 0 Å². The number of nitrogens with one attached hydrogen (secondary N) is 1. The van der Waals surface area contributed by atoms with Gasteiger partial charge in [0, 0.05) is 6.07 Å². The van der Waals surface area contributed by atoms with Crippen LogP contribution >= 0.6 is 11.8 Å². The number of thioether (sulfide) groups is 1. The molecule has 178 valence electrons. The summed E-state index contributed by atoms with van der Waals surface area (Å²) < 4.78 is 2.07. The smallest absolute Gasteiger partial charge is 0.293 e. The number of carbonyl (C=O) groups excluding carboxylic acids is 1. The van der Waals surface area contributed by atoms with Gasteiger partial charge >= 0.3 is 0 Å². The number of likely N-dealkylation sites (tertiary alicyclic amines) is 1. The number of carbonyl (C=O) groups is 1. The van der Waals surface area contributed by atoms with Crippen LogP contribution in [0.1, 0.15) is 36.2 Å². The molecule has 0 radical (unpaired) electrons. The van der Waals surface area contributed by atoms with Crippen LogP contribution in [0.5, 0.6) is 0 Å². The fourth-order valence-corrected chi connectivity index (χ4v) is 4.76. The first-order chi connectivity index (χ1) is 16.5. The van der Waals surface area contributed by atoms with Crippen LogP contribution in [0, 0.1) is 17.0 Å². The zero-order valence-corrected chi connectivity index (χ0v) is 20.0. The van der Waals surface area contributed by atoms with Crippen LogP contribution in [0.15, 0.2) is 53.7 Å². The van der Waals surface area contributed by atoms with Crippen LogP contribution in [0.4, 0.5) is 11.4 Å². The Bertz CT molecular complexity index is 1140. The number of amides is 1. The maximum Gasteiger partial charge on any atom is 0.293 e. The van der Waals surface area contributed by atoms with Gasteiger partial charge in [0.05, 0.1) is 23.8 Å². The zero-order chi connectivity index (χ0) is 23.9. The third kappa shape index (κ3) is 6.21. The summed E-state index contributed by atoms with van der Waals surface area (Å²) >= 11 is 1.28. The molecule has 1 aromatic heterocycles. The topological polar surface area (TPSA) is 106 Å². The van der Waals surface area contributed by atoms with Gasteiger partial charge in [-0.2, -0.15) is 0 Å². The summed E-state index contributed by atoms with van der Waals surface area (Å²) in [6.07, 6.45) is 3.65. The van der Waals surface area contributed by atoms with Crippen LogP contribution in [-0.4, -0.2) is 49.3 Å². The number of anilines is 1. The lowest BCUT2D eigenvalue weighted by atomic mass is 10.1. The molecule has 1 saturated heterocycles. The molecule has 1 N–H and O–H groups in total. The summed E-state index contributed by atoms with van der Waals surface area (Å²) in [4.78, 5) is 25.9. The Morgan fingerprint density at radius 2 is 1.85 bits per heavy atom. The molecular weight excluding hydrogens is 452 g/mol. The van der Waals surface area contributed by atoms with Gasteiger partial charge in [-0.15, -0.1) is 10.2 Å². The number of nitro groups is 1. The summed E-state index contributed by atoms with van der Waals surface area (Å²) in [6.45, 7) is 5.22. The Morgan fingerprint density at radius 1 is 1.09 bits per heavy atom. The predicted molar refractivity (Wildman–Crippen MR) is 132 cm³/mol. The molecule has 34 heavy (non-hydrogen) atoms. The van der Waals surface area contributed by atoms with Crippen molar-refractivity contribution in [2.24, 2.45) is 0 Å². The Balaban J connectivity index is 1.47. The molecule has 0 atom stereocenters. The van der Waals surface area contributed by atoms with Crippen LogP contribution in [0.3, 0.4) is 0 Å². The van der Waals surface area contributed by atoms with E-state index >= 15 is 0 Å². The zero-order valence-electron chi connectivity index (χ0n) is 19.1. The molecule has 0 aliphatic carbocycles. The normalized spacial score (nSPS) is 14.1. The molecule has 1 aliphatic heterocycles. The van der Waals surface area contributed by atoms with Gasteiger partial charge in [-0.05, 0) is 50.0 Å². The van der Waals surface area contributed by atoms with E-state index in [1.165, 1.54) is 37.1 Å². The fraction of sp³-hybridized carbons (Fsp3) is 0.375. The molecule has 0 saturated carbocycles. The van der Waals surface area contributed by atoms with E-state index in [1.807, 2.05) is 18.2 Å². The third-order valence-corrected chi connectivity index (χ3v) is 6.71. The Hall–Kier alpha value is -3.24. The van der Waals surface area contributed by atoms with Gasteiger partial charge in [0.2, 0.25) is 5.91 Å². The summed E-state index contributed by atoms with van der Waals surface area (Å²) in [5.74, 6) is 0.619. The van der Waals surface area contributed by atoms with Crippen molar-refractivity contribution < 1.29 is 9.72 Å². The third-order valence-electron chi connectivity index (χ3n) is 5.75. The highest BCUT2D eigenvalue weighted by Crippen LogP contribution is 2.26. The van der Waals surface area contributed by atoms with E-state index in [9.17, 15) is 14.9 Å². The molecule has 2 aromatic carbocycles. The van der Waals surface area contributed by atoms with Crippen molar-refractivity contribution >= 4 is 29.0 Å². The van der Waals surface area contributed by atoms with E-state index in [0.29, 0.717) is 11.7 Å². The lowest BCUT2D eigenvalue weighted by Crippen LogP contribution is -2.30. The van der Waals surface area contributed by atoms with Crippen molar-refractivity contribution in [1.29, 1.82) is 0 Å². The molecule has 1 aliphatic rings. The van der Waals surface area contributed by atoms with E-state index in [-0.39, 0.29) is 23.0 Å². The van der Waals surface area contributed by atoms with Gasteiger partial charge in [0.1, 0.15) is 11.5 Å². The summed E-state index contributed by atoms with van der Waals surface area (Å²) in [6, 6.07) is 14.8. The van der Waals surface area contributed by atoms with Crippen molar-refractivity contribution in [2.45, 2.75) is 44.4 Å². The number of aromatic nitrogens is 3. The second-order valence-corrected chi connectivity index (χ2v) is 9.36. The predicted octanol–water partition coefficient (Wildman–Crippen LogP) is 4.26. The van der Waals surface area contributed by atoms with Crippen LogP contribution in [-0.2, 0) is 17.9 Å². The minimum absolute atomic E-state index is 0.0711. The second kappa shape index (κ2) is 11.3. The van der Waals surface area contributed by atoms with Crippen molar-refractivity contribution in [1.82, 2.24) is 19.7 Å². The Labute approximate surface area is 202 Å². The minimum Gasteiger partial charge on any atom is -0.320 e. The molecule has 3 aromatic rings. The van der Waals surface area contributed by atoms with Crippen molar-refractivity contribution in [3.05, 3.63) is 75.6 Å². The number of benzene rings is 2. The number of nitrogens with zero attached hydrogens (tertiary/aromatic N) is 5. The quantitative estimate of drug-likeness (QED) is 0.277. The molecule has 2 heterocycles. The fourth-order valence-electron chi connectivity index (χ4n) is 4.00. The highest BCUT2D eigenvalue weighted by atomic mass is 32.2. The molecule has 4 rings (SSSR count). The standard InChI is InChI=1S/C24H28N6O3S/c1-18-10-11-20(21(14-18)30(32)33)25-23(31)17-34-24-27-26-22(16-28-12-6-3-7-13-28)29(24)15-19-8-4-2-5-9-19/h2,4-5,8-11,14H,3,6-7,12-13,15-17H2,1H3,(H,25,31). The van der Waals surface area contributed by atoms with E-state index in [0.717, 1.165) is 36.6 Å². The molecular formula is C24H28N6O3S. The van der Waals surface area contributed by atoms with E-state index in [1.54, 1.807) is 19.1 Å². The Kier molecular flexibility index (Phi) is 7.91. The van der Waals surface area contributed by atoms with Crippen molar-refractivity contribution in [3.63, 3.8) is 0 Å². The highest BCUT2D eigenvalue weighted by Gasteiger charge is 2.20. The monoisotopic (exact) mass is 480 g/mol. The molecule has 0 spiro atoms. The molecule has 9 nitrogen and oxygen atoms in total. The summed E-state index contributed by atoms with van der Waals surface area (Å²) in [5.41, 5.74) is 1.96. The maximum atomic E-state index is 12.6. The molecule has 1 fully saturated rings. The molecule has 0 bridgehead atoms. The number of aryl methyl sites for hydroxylation is 1. The van der Waals surface area contributed by atoms with Crippen LogP contribution in [0.25, 0.3) is 0 Å². The SMILES string of the molecule is Cc1ccc(NC(=O)CSc2nnc(CN3CCCCC3)n2Cc2ccccc2)c([N+](=O)[O-])c1. The van der Waals surface area contributed by atoms with Gasteiger partial charge in [-0.3, -0.25) is 19.8 Å². The lowest BCUT2D eigenvalue weighted by Gasteiger charge is -2.26. The second-order valence-electron chi connectivity index (χ2n) is 8.42. The average Bonchev–Trinajstić information content (AvgIpc) is 3.21. The van der Waals surface area contributed by atoms with Crippen LogP contribution in [0.2, 0.25) is 0 Å². The molecule has 10 heteroatoms. The number of piperidine rings is 1. The van der Waals surface area contributed by atoms with Gasteiger partial charge in [-0.25, -0.2) is 0 Å². The molecule has 0 unspecified atom stereocenters. The number of rotatable bonds is 9. The lowest BCUT2D eigenvalue weighted by molar-refractivity contribution is -0.384. The van der Waals surface area contributed by atoms with Gasteiger partial charge in [-0.1, -0.05) is 54.6 Å².